The molecule has 0 bridgehead atoms. The van der Waals surface area contributed by atoms with E-state index in [4.69, 9.17) is 17.2 Å². The Balaban J connectivity index is 1.83. The summed E-state index contributed by atoms with van der Waals surface area (Å²) < 4.78 is 0. The summed E-state index contributed by atoms with van der Waals surface area (Å²) in [5.74, 6) is -3.24. The van der Waals surface area contributed by atoms with Crippen LogP contribution in [0.1, 0.15) is 36.6 Å². The van der Waals surface area contributed by atoms with E-state index < -0.39 is 53.7 Å². The first-order valence-corrected chi connectivity index (χ1v) is 15.1. The summed E-state index contributed by atoms with van der Waals surface area (Å²) in [7, 11) is 0. The Morgan fingerprint density at radius 3 is 1.74 bits per heavy atom. The molecule has 0 fully saturated rings. The van der Waals surface area contributed by atoms with E-state index in [2.05, 4.69) is 36.2 Å². The van der Waals surface area contributed by atoms with Crippen LogP contribution >= 0.6 is 0 Å². The van der Waals surface area contributed by atoms with E-state index in [9.17, 15) is 24.0 Å². The monoisotopic (exact) mass is 646 g/mol. The maximum Gasteiger partial charge on any atom is 0.243 e. The van der Waals surface area contributed by atoms with Crippen molar-refractivity contribution in [2.24, 2.45) is 22.2 Å². The van der Waals surface area contributed by atoms with Crippen LogP contribution in [-0.2, 0) is 43.2 Å². The molecule has 0 aliphatic rings. The number of imidazole rings is 1. The SMILES string of the molecule is CC(=O)N[C@@H](Cc1cnc[nH]1)C(=O)N[C@@H](Cc1ccccc1)C(=O)N[C@@H](CCCN=C(N)N)C(=O)N[C@H](Cc1ccccc1)C(N)=O. The number of guanidine groups is 1. The Labute approximate surface area is 272 Å². The number of carbonyl (C=O) groups is 5. The Bertz CT molecular complexity index is 1490. The second kappa shape index (κ2) is 18.3. The van der Waals surface area contributed by atoms with E-state index in [-0.39, 0.29) is 38.2 Å². The van der Waals surface area contributed by atoms with Crippen LogP contribution in [0, 0.1) is 0 Å². The van der Waals surface area contributed by atoms with Gasteiger partial charge in [-0.2, -0.15) is 0 Å². The summed E-state index contributed by atoms with van der Waals surface area (Å²) in [6.07, 6.45) is 3.70. The molecule has 3 aromatic rings. The minimum atomic E-state index is -1.15. The van der Waals surface area contributed by atoms with Crippen LogP contribution in [0.25, 0.3) is 0 Å². The summed E-state index contributed by atoms with van der Waals surface area (Å²) in [6, 6.07) is 13.7. The van der Waals surface area contributed by atoms with Crippen molar-refractivity contribution in [1.82, 2.24) is 31.2 Å². The highest BCUT2D eigenvalue weighted by Gasteiger charge is 2.31. The molecule has 2 aromatic carbocycles. The summed E-state index contributed by atoms with van der Waals surface area (Å²) in [4.78, 5) is 75.9. The van der Waals surface area contributed by atoms with E-state index in [1.54, 1.807) is 48.5 Å². The summed E-state index contributed by atoms with van der Waals surface area (Å²) in [5.41, 5.74) is 18.6. The number of aromatic amines is 1. The fourth-order valence-electron chi connectivity index (χ4n) is 4.79. The number of primary amides is 1. The minimum absolute atomic E-state index is 0.0789. The van der Waals surface area contributed by atoms with Crippen molar-refractivity contribution in [2.45, 2.75) is 63.2 Å². The Morgan fingerprint density at radius 2 is 1.23 bits per heavy atom. The highest BCUT2D eigenvalue weighted by Crippen LogP contribution is 2.09. The van der Waals surface area contributed by atoms with Gasteiger partial charge in [0.1, 0.15) is 24.2 Å². The van der Waals surface area contributed by atoms with Crippen LogP contribution in [0.4, 0.5) is 0 Å². The fraction of sp³-hybridized carbons (Fsp3) is 0.344. The molecule has 3 rings (SSSR count). The van der Waals surface area contributed by atoms with Crippen molar-refractivity contribution in [3.63, 3.8) is 0 Å². The largest absolute Gasteiger partial charge is 0.370 e. The number of nitrogens with one attached hydrogen (secondary N) is 5. The fourth-order valence-corrected chi connectivity index (χ4v) is 4.79. The molecule has 0 saturated carbocycles. The quantitative estimate of drug-likeness (QED) is 0.0479. The van der Waals surface area contributed by atoms with Crippen LogP contribution < -0.4 is 38.5 Å². The predicted molar refractivity (Wildman–Crippen MR) is 175 cm³/mol. The first kappa shape index (κ1) is 35.7. The molecular formula is C32H42N10O5. The van der Waals surface area contributed by atoms with Gasteiger partial charge in [-0.3, -0.25) is 29.0 Å². The van der Waals surface area contributed by atoms with Gasteiger partial charge in [-0.1, -0.05) is 60.7 Å². The molecule has 0 unspecified atom stereocenters. The highest BCUT2D eigenvalue weighted by molar-refractivity contribution is 5.95. The topological polar surface area (TPSA) is 253 Å². The smallest absolute Gasteiger partial charge is 0.243 e. The van der Waals surface area contributed by atoms with Crippen molar-refractivity contribution in [3.8, 4) is 0 Å². The summed E-state index contributed by atoms with van der Waals surface area (Å²) >= 11 is 0. The van der Waals surface area contributed by atoms with Gasteiger partial charge in [0.25, 0.3) is 0 Å². The van der Waals surface area contributed by atoms with Crippen molar-refractivity contribution in [3.05, 3.63) is 90.0 Å². The van der Waals surface area contributed by atoms with Gasteiger partial charge >= 0.3 is 0 Å². The van der Waals surface area contributed by atoms with Crippen molar-refractivity contribution in [1.29, 1.82) is 0 Å². The van der Waals surface area contributed by atoms with Crippen LogP contribution in [0.5, 0.6) is 0 Å². The van der Waals surface area contributed by atoms with E-state index in [1.165, 1.54) is 19.4 Å². The van der Waals surface area contributed by atoms with Gasteiger partial charge in [-0.25, -0.2) is 4.98 Å². The summed E-state index contributed by atoms with van der Waals surface area (Å²) in [5, 5.41) is 10.7. The number of hydrogen-bond donors (Lipinski definition) is 8. The first-order valence-electron chi connectivity index (χ1n) is 15.1. The van der Waals surface area contributed by atoms with Crippen molar-refractivity contribution >= 4 is 35.5 Å². The Hall–Kier alpha value is -5.73. The molecule has 0 aliphatic heterocycles. The molecular weight excluding hydrogens is 604 g/mol. The normalized spacial score (nSPS) is 13.2. The van der Waals surface area contributed by atoms with Gasteiger partial charge in [0.2, 0.25) is 29.5 Å². The average molecular weight is 647 g/mol. The lowest BCUT2D eigenvalue weighted by molar-refractivity contribution is -0.134. The number of hydrogen-bond acceptors (Lipinski definition) is 7. The maximum atomic E-state index is 13.8. The van der Waals surface area contributed by atoms with Gasteiger partial charge in [-0.15, -0.1) is 0 Å². The number of benzene rings is 2. The van der Waals surface area contributed by atoms with Gasteiger partial charge in [0, 0.05) is 44.6 Å². The number of nitrogens with two attached hydrogens (primary N) is 3. The lowest BCUT2D eigenvalue weighted by atomic mass is 10.0. The number of aromatic nitrogens is 2. The lowest BCUT2D eigenvalue weighted by Crippen LogP contribution is -2.59. The molecule has 0 spiro atoms. The van der Waals surface area contributed by atoms with Crippen molar-refractivity contribution in [2.75, 3.05) is 6.54 Å². The maximum absolute atomic E-state index is 13.8. The zero-order valence-corrected chi connectivity index (χ0v) is 26.1. The first-order chi connectivity index (χ1) is 22.5. The second-order valence-electron chi connectivity index (χ2n) is 10.9. The lowest BCUT2D eigenvalue weighted by Gasteiger charge is -2.26. The Morgan fingerprint density at radius 1 is 0.723 bits per heavy atom. The summed E-state index contributed by atoms with van der Waals surface area (Å²) in [6.45, 7) is 1.46. The van der Waals surface area contributed by atoms with Crippen LogP contribution in [0.3, 0.4) is 0 Å². The van der Waals surface area contributed by atoms with Crippen LogP contribution in [-0.4, -0.2) is 76.2 Å². The van der Waals surface area contributed by atoms with Gasteiger partial charge in [-0.05, 0) is 24.0 Å². The van der Waals surface area contributed by atoms with E-state index in [0.29, 0.717) is 12.1 Å². The molecule has 0 aliphatic carbocycles. The molecule has 15 nitrogen and oxygen atoms in total. The van der Waals surface area contributed by atoms with Crippen molar-refractivity contribution < 1.29 is 24.0 Å². The number of rotatable bonds is 18. The van der Waals surface area contributed by atoms with Crippen LogP contribution in [0.15, 0.2) is 78.2 Å². The van der Waals surface area contributed by atoms with Gasteiger partial charge in [0.05, 0.1) is 6.33 Å². The number of aliphatic imine (C=N–C) groups is 1. The zero-order valence-electron chi connectivity index (χ0n) is 26.1. The molecule has 0 saturated heterocycles. The van der Waals surface area contributed by atoms with E-state index in [1.807, 2.05) is 12.1 Å². The third-order valence-electron chi connectivity index (χ3n) is 7.11. The number of H-pyrrole nitrogens is 1. The Kier molecular flexibility index (Phi) is 13.9. The molecule has 11 N–H and O–H groups in total. The predicted octanol–water partition coefficient (Wildman–Crippen LogP) is -1.06. The molecule has 5 amide bonds. The minimum Gasteiger partial charge on any atom is -0.370 e. The molecule has 1 heterocycles. The molecule has 4 atom stereocenters. The number of nitrogens with zero attached hydrogens (tertiary/aromatic N) is 2. The molecule has 47 heavy (non-hydrogen) atoms. The molecule has 15 heteroatoms. The third-order valence-corrected chi connectivity index (χ3v) is 7.11. The number of carbonyl (C=O) groups excluding carboxylic acids is 5. The third kappa shape index (κ3) is 12.7. The van der Waals surface area contributed by atoms with Gasteiger partial charge < -0.3 is 43.5 Å². The van der Waals surface area contributed by atoms with E-state index >= 15 is 0 Å². The molecule has 1 aromatic heterocycles. The second-order valence-corrected chi connectivity index (χ2v) is 10.9. The van der Waals surface area contributed by atoms with Crippen LogP contribution in [0.2, 0.25) is 0 Å². The standard InChI is InChI=1S/C32H42N10O5/c1-20(43)39-27(17-23-18-36-19-38-23)31(47)42-26(16-22-11-6-3-7-12-22)30(46)40-24(13-8-14-37-32(34)35)29(45)41-25(28(33)44)15-21-9-4-2-5-10-21/h2-7,9-12,18-19,24-27H,8,13-17H2,1H3,(H2,33,44)(H,36,38)(H,39,43)(H,40,46)(H,41,45)(H,42,47)(H4,34,35,37)/t24-,25+,26-,27-/m0/s1. The molecule has 0 radical (unpaired) electrons. The van der Waals surface area contributed by atoms with Gasteiger partial charge in [0.15, 0.2) is 5.96 Å². The number of amides is 5. The van der Waals surface area contributed by atoms with E-state index in [0.717, 1.165) is 11.1 Å². The highest BCUT2D eigenvalue weighted by atomic mass is 16.2. The molecule has 250 valence electrons. The zero-order chi connectivity index (χ0) is 34.2. The average Bonchev–Trinajstić information content (AvgIpc) is 3.55.